The van der Waals surface area contributed by atoms with E-state index in [1.54, 1.807) is 0 Å². The number of halogens is 3. The van der Waals surface area contributed by atoms with Crippen molar-refractivity contribution < 1.29 is 32.6 Å². The summed E-state index contributed by atoms with van der Waals surface area (Å²) in [7, 11) is 0. The second kappa shape index (κ2) is 3.86. The molecule has 1 fully saturated rings. The highest BCUT2D eigenvalue weighted by atomic mass is 19.4. The summed E-state index contributed by atoms with van der Waals surface area (Å²) in [6.45, 7) is 2.31. The Morgan fingerprint density at radius 2 is 1.82 bits per heavy atom. The van der Waals surface area contributed by atoms with Crippen LogP contribution in [0.15, 0.2) is 0 Å². The summed E-state index contributed by atoms with van der Waals surface area (Å²) in [6.07, 6.45) is -5.12. The van der Waals surface area contributed by atoms with Crippen molar-refractivity contribution in [3.05, 3.63) is 0 Å². The highest BCUT2D eigenvalue weighted by Crippen LogP contribution is 2.38. The van der Waals surface area contributed by atoms with Crippen LogP contribution in [0.2, 0.25) is 0 Å². The number of aliphatic carboxylic acids is 1. The van der Waals surface area contributed by atoms with Crippen LogP contribution < -0.4 is 5.32 Å². The van der Waals surface area contributed by atoms with Crippen molar-refractivity contribution in [1.29, 1.82) is 0 Å². The van der Waals surface area contributed by atoms with Gasteiger partial charge in [0, 0.05) is 5.41 Å². The molecule has 0 saturated carbocycles. The number of carboxylic acid groups (broad SMARTS) is 1. The van der Waals surface area contributed by atoms with Gasteiger partial charge in [0.25, 0.3) is 0 Å². The monoisotopic (exact) mass is 255 g/mol. The predicted molar refractivity (Wildman–Crippen MR) is 49.2 cm³/mol. The normalized spacial score (nSPS) is 27.8. The van der Waals surface area contributed by atoms with Gasteiger partial charge >= 0.3 is 18.1 Å². The summed E-state index contributed by atoms with van der Waals surface area (Å²) in [5.41, 5.74) is -3.18. The van der Waals surface area contributed by atoms with E-state index in [0.717, 1.165) is 0 Å². The number of carbonyl (C=O) groups excluding carboxylic acids is 1. The molecule has 2 N–H and O–H groups in total. The number of carboxylic acids is 1. The summed E-state index contributed by atoms with van der Waals surface area (Å²) in [6, 6.07) is 0. The Bertz CT molecular complexity index is 353. The lowest BCUT2D eigenvalue weighted by Gasteiger charge is -2.36. The molecule has 1 amide bonds. The average molecular weight is 255 g/mol. The quantitative estimate of drug-likeness (QED) is 0.755. The van der Waals surface area contributed by atoms with E-state index in [4.69, 9.17) is 9.84 Å². The first-order valence-corrected chi connectivity index (χ1v) is 4.73. The first-order valence-electron chi connectivity index (χ1n) is 4.73. The molecule has 0 aromatic carbocycles. The fourth-order valence-electron chi connectivity index (χ4n) is 1.65. The number of hydrogen-bond acceptors (Lipinski definition) is 3. The van der Waals surface area contributed by atoms with Crippen molar-refractivity contribution in [1.82, 2.24) is 5.32 Å². The SMILES string of the molecule is CC1(C)COCC1(NC(=O)C(F)(F)F)C(=O)O. The predicted octanol–water partition coefficient (Wildman–Crippen LogP) is 0.545. The van der Waals surface area contributed by atoms with Gasteiger partial charge in [0.05, 0.1) is 13.2 Å². The molecule has 0 radical (unpaired) electrons. The van der Waals surface area contributed by atoms with Crippen LogP contribution in [0.25, 0.3) is 0 Å². The van der Waals surface area contributed by atoms with Crippen LogP contribution in [-0.2, 0) is 14.3 Å². The summed E-state index contributed by atoms with van der Waals surface area (Å²) < 4.78 is 41.3. The van der Waals surface area contributed by atoms with Crippen molar-refractivity contribution in [3.63, 3.8) is 0 Å². The molecule has 0 aliphatic carbocycles. The third-order valence-corrected chi connectivity index (χ3v) is 2.89. The smallest absolute Gasteiger partial charge is 0.471 e. The zero-order chi connectivity index (χ0) is 13.5. The molecule has 1 aliphatic rings. The average Bonchev–Trinajstić information content (AvgIpc) is 2.41. The van der Waals surface area contributed by atoms with Gasteiger partial charge in [-0.3, -0.25) is 4.79 Å². The Morgan fingerprint density at radius 1 is 1.29 bits per heavy atom. The van der Waals surface area contributed by atoms with Gasteiger partial charge < -0.3 is 15.2 Å². The Morgan fingerprint density at radius 3 is 2.12 bits per heavy atom. The van der Waals surface area contributed by atoms with Gasteiger partial charge in [-0.25, -0.2) is 4.79 Å². The van der Waals surface area contributed by atoms with E-state index < -0.39 is 35.6 Å². The highest BCUT2D eigenvalue weighted by Gasteiger charge is 2.59. The maximum absolute atomic E-state index is 12.1. The van der Waals surface area contributed by atoms with Crippen molar-refractivity contribution in [2.24, 2.45) is 5.41 Å². The Kier molecular flexibility index (Phi) is 3.13. The van der Waals surface area contributed by atoms with Crippen molar-refractivity contribution in [2.45, 2.75) is 25.6 Å². The highest BCUT2D eigenvalue weighted by molar-refractivity contribution is 5.90. The summed E-state index contributed by atoms with van der Waals surface area (Å²) >= 11 is 0. The van der Waals surface area contributed by atoms with E-state index in [1.165, 1.54) is 19.2 Å². The van der Waals surface area contributed by atoms with Gasteiger partial charge in [-0.1, -0.05) is 13.8 Å². The lowest BCUT2D eigenvalue weighted by atomic mass is 9.75. The van der Waals surface area contributed by atoms with Crippen LogP contribution in [-0.4, -0.2) is 41.9 Å². The van der Waals surface area contributed by atoms with Crippen molar-refractivity contribution in [3.8, 4) is 0 Å². The minimum absolute atomic E-state index is 0.0442. The number of carbonyl (C=O) groups is 2. The minimum atomic E-state index is -5.12. The maximum Gasteiger partial charge on any atom is 0.471 e. The zero-order valence-corrected chi connectivity index (χ0v) is 9.22. The van der Waals surface area contributed by atoms with Gasteiger partial charge in [-0.2, -0.15) is 13.2 Å². The fraction of sp³-hybridized carbons (Fsp3) is 0.778. The van der Waals surface area contributed by atoms with E-state index in [2.05, 4.69) is 0 Å². The first kappa shape index (κ1) is 13.8. The number of nitrogens with one attached hydrogen (secondary N) is 1. The van der Waals surface area contributed by atoms with Gasteiger partial charge in [0.2, 0.25) is 0 Å². The van der Waals surface area contributed by atoms with Crippen molar-refractivity contribution in [2.75, 3.05) is 13.2 Å². The standard InChI is InChI=1S/C9H12F3NO4/c1-7(2)3-17-4-8(7,6(15)16)13-5(14)9(10,11)12/h3-4H2,1-2H3,(H,13,14)(H,15,16). The molecular formula is C9H12F3NO4. The molecule has 17 heavy (non-hydrogen) atoms. The lowest BCUT2D eigenvalue weighted by Crippen LogP contribution is -2.65. The van der Waals surface area contributed by atoms with E-state index in [-0.39, 0.29) is 6.61 Å². The molecule has 0 aromatic heterocycles. The van der Waals surface area contributed by atoms with Crippen LogP contribution >= 0.6 is 0 Å². The maximum atomic E-state index is 12.1. The molecule has 98 valence electrons. The number of amides is 1. The molecule has 0 spiro atoms. The third-order valence-electron chi connectivity index (χ3n) is 2.89. The lowest BCUT2D eigenvalue weighted by molar-refractivity contribution is -0.179. The van der Waals surface area contributed by atoms with Crippen molar-refractivity contribution >= 4 is 11.9 Å². The number of hydrogen-bond donors (Lipinski definition) is 2. The third kappa shape index (κ3) is 2.21. The van der Waals surface area contributed by atoms with Gasteiger partial charge in [0.15, 0.2) is 5.54 Å². The Labute approximate surface area is 94.9 Å². The van der Waals surface area contributed by atoms with Gasteiger partial charge in [-0.15, -0.1) is 0 Å². The zero-order valence-electron chi connectivity index (χ0n) is 9.22. The van der Waals surface area contributed by atoms with Crippen LogP contribution in [0.3, 0.4) is 0 Å². The largest absolute Gasteiger partial charge is 0.479 e. The van der Waals surface area contributed by atoms with Crippen LogP contribution in [0, 0.1) is 5.41 Å². The van der Waals surface area contributed by atoms with Crippen LogP contribution in [0.5, 0.6) is 0 Å². The Balaban J connectivity index is 3.04. The van der Waals surface area contributed by atoms with E-state index in [1.807, 2.05) is 0 Å². The minimum Gasteiger partial charge on any atom is -0.479 e. The molecule has 1 heterocycles. The summed E-state index contributed by atoms with van der Waals surface area (Å²) in [5, 5.41) is 10.6. The number of ether oxygens (including phenoxy) is 1. The second-order valence-electron chi connectivity index (χ2n) is 4.54. The second-order valence-corrected chi connectivity index (χ2v) is 4.54. The fourth-order valence-corrected chi connectivity index (χ4v) is 1.65. The van der Waals surface area contributed by atoms with Gasteiger partial charge in [-0.05, 0) is 0 Å². The summed E-state index contributed by atoms with van der Waals surface area (Å²) in [5.74, 6) is -3.82. The van der Waals surface area contributed by atoms with E-state index in [0.29, 0.717) is 0 Å². The topological polar surface area (TPSA) is 75.6 Å². The van der Waals surface area contributed by atoms with E-state index >= 15 is 0 Å². The van der Waals surface area contributed by atoms with E-state index in [9.17, 15) is 22.8 Å². The van der Waals surface area contributed by atoms with Gasteiger partial charge in [0.1, 0.15) is 0 Å². The molecular weight excluding hydrogens is 243 g/mol. The first-order chi connectivity index (χ1) is 7.53. The summed E-state index contributed by atoms with van der Waals surface area (Å²) in [4.78, 5) is 22.0. The molecule has 1 aliphatic heterocycles. The molecule has 1 atom stereocenters. The molecule has 0 bridgehead atoms. The molecule has 8 heteroatoms. The molecule has 0 aromatic rings. The number of rotatable bonds is 2. The molecule has 1 rings (SSSR count). The Hall–Kier alpha value is -1.31. The molecule has 1 saturated heterocycles. The van der Waals surface area contributed by atoms with Crippen LogP contribution in [0.4, 0.5) is 13.2 Å². The molecule has 5 nitrogen and oxygen atoms in total. The van der Waals surface area contributed by atoms with Crippen LogP contribution in [0.1, 0.15) is 13.8 Å². The molecule has 1 unspecified atom stereocenters. The number of alkyl halides is 3.